The molecule has 2 atom stereocenters. The maximum absolute atomic E-state index is 6.02. The minimum Gasteiger partial charge on any atom is -0.376 e. The highest BCUT2D eigenvalue weighted by Crippen LogP contribution is 2.24. The molecule has 0 N–H and O–H groups in total. The fourth-order valence-electron chi connectivity index (χ4n) is 2.10. The SMILES string of the molecule is CC(C)CC1CCCC(COC(C)C)O1. The van der Waals surface area contributed by atoms with E-state index in [4.69, 9.17) is 9.47 Å². The molecule has 1 heterocycles. The summed E-state index contributed by atoms with van der Waals surface area (Å²) in [6, 6.07) is 0. The van der Waals surface area contributed by atoms with Crippen molar-refractivity contribution >= 4 is 0 Å². The molecule has 0 bridgehead atoms. The Labute approximate surface area is 94.3 Å². The molecule has 15 heavy (non-hydrogen) atoms. The summed E-state index contributed by atoms with van der Waals surface area (Å²) in [6.45, 7) is 9.45. The molecule has 0 aliphatic carbocycles. The molecule has 0 radical (unpaired) electrons. The highest BCUT2D eigenvalue weighted by Gasteiger charge is 2.23. The Bertz CT molecular complexity index is 166. The van der Waals surface area contributed by atoms with Crippen LogP contribution in [0.15, 0.2) is 0 Å². The Hall–Kier alpha value is -0.0800. The summed E-state index contributed by atoms with van der Waals surface area (Å²) in [5.41, 5.74) is 0. The normalized spacial score (nSPS) is 27.6. The lowest BCUT2D eigenvalue weighted by atomic mass is 9.97. The standard InChI is InChI=1S/C13H26O2/c1-10(2)8-12-6-5-7-13(15-12)9-14-11(3)4/h10-13H,5-9H2,1-4H3. The summed E-state index contributed by atoms with van der Waals surface area (Å²) in [7, 11) is 0. The van der Waals surface area contributed by atoms with Crippen LogP contribution in [0.5, 0.6) is 0 Å². The van der Waals surface area contributed by atoms with Gasteiger partial charge in [0.05, 0.1) is 24.9 Å². The van der Waals surface area contributed by atoms with Crippen LogP contribution in [0.3, 0.4) is 0 Å². The molecular weight excluding hydrogens is 188 g/mol. The Kier molecular flexibility index (Phi) is 5.62. The smallest absolute Gasteiger partial charge is 0.0812 e. The van der Waals surface area contributed by atoms with Crippen molar-refractivity contribution in [1.82, 2.24) is 0 Å². The molecule has 2 nitrogen and oxygen atoms in total. The van der Waals surface area contributed by atoms with E-state index in [0.717, 1.165) is 12.5 Å². The van der Waals surface area contributed by atoms with Gasteiger partial charge in [-0.2, -0.15) is 0 Å². The quantitative estimate of drug-likeness (QED) is 0.698. The zero-order chi connectivity index (χ0) is 11.3. The highest BCUT2D eigenvalue weighted by atomic mass is 16.5. The van der Waals surface area contributed by atoms with Crippen LogP contribution in [-0.2, 0) is 9.47 Å². The van der Waals surface area contributed by atoms with Crippen LogP contribution in [0.2, 0.25) is 0 Å². The fraction of sp³-hybridized carbons (Fsp3) is 1.00. The van der Waals surface area contributed by atoms with Gasteiger partial charge >= 0.3 is 0 Å². The molecule has 0 saturated carbocycles. The van der Waals surface area contributed by atoms with Crippen LogP contribution in [-0.4, -0.2) is 24.9 Å². The third-order valence-corrected chi connectivity index (χ3v) is 2.79. The minimum absolute atomic E-state index is 0.319. The molecule has 0 spiro atoms. The second kappa shape index (κ2) is 6.49. The predicted octanol–water partition coefficient (Wildman–Crippen LogP) is 3.40. The molecule has 1 aliphatic rings. The molecule has 0 aromatic heterocycles. The molecule has 0 aromatic rings. The van der Waals surface area contributed by atoms with Crippen LogP contribution in [0, 0.1) is 5.92 Å². The molecule has 1 rings (SSSR count). The highest BCUT2D eigenvalue weighted by molar-refractivity contribution is 4.72. The van der Waals surface area contributed by atoms with Crippen LogP contribution < -0.4 is 0 Å². The first kappa shape index (κ1) is 13.0. The van der Waals surface area contributed by atoms with Crippen molar-refractivity contribution in [2.45, 2.75) is 71.7 Å². The van der Waals surface area contributed by atoms with Gasteiger partial charge < -0.3 is 9.47 Å². The van der Waals surface area contributed by atoms with Gasteiger partial charge in [-0.3, -0.25) is 0 Å². The van der Waals surface area contributed by atoms with Crippen LogP contribution >= 0.6 is 0 Å². The topological polar surface area (TPSA) is 18.5 Å². The van der Waals surface area contributed by atoms with E-state index in [-0.39, 0.29) is 0 Å². The van der Waals surface area contributed by atoms with E-state index in [0.29, 0.717) is 18.3 Å². The third-order valence-electron chi connectivity index (χ3n) is 2.79. The molecule has 0 amide bonds. The minimum atomic E-state index is 0.319. The first-order valence-electron chi connectivity index (χ1n) is 6.35. The van der Waals surface area contributed by atoms with Gasteiger partial charge in [0.15, 0.2) is 0 Å². The number of ether oxygens (including phenoxy) is 2. The molecule has 0 aromatic carbocycles. The van der Waals surface area contributed by atoms with Crippen molar-refractivity contribution in [3.05, 3.63) is 0 Å². The van der Waals surface area contributed by atoms with E-state index in [1.165, 1.54) is 25.7 Å². The monoisotopic (exact) mass is 214 g/mol. The van der Waals surface area contributed by atoms with E-state index >= 15 is 0 Å². The van der Waals surface area contributed by atoms with Gasteiger partial charge in [0.25, 0.3) is 0 Å². The summed E-state index contributed by atoms with van der Waals surface area (Å²) >= 11 is 0. The molecular formula is C13H26O2. The summed E-state index contributed by atoms with van der Waals surface area (Å²) in [5, 5.41) is 0. The largest absolute Gasteiger partial charge is 0.376 e. The lowest BCUT2D eigenvalue weighted by Gasteiger charge is -2.31. The van der Waals surface area contributed by atoms with Crippen molar-refractivity contribution in [2.75, 3.05) is 6.61 Å². The van der Waals surface area contributed by atoms with Crippen molar-refractivity contribution in [3.63, 3.8) is 0 Å². The Balaban J connectivity index is 2.23. The second-order valence-corrected chi connectivity index (χ2v) is 5.32. The Morgan fingerprint density at radius 3 is 2.40 bits per heavy atom. The summed E-state index contributed by atoms with van der Waals surface area (Å²) in [6.07, 6.45) is 6.02. The lowest BCUT2D eigenvalue weighted by molar-refractivity contribution is -0.100. The number of rotatable bonds is 5. The van der Waals surface area contributed by atoms with Gasteiger partial charge in [-0.1, -0.05) is 13.8 Å². The van der Waals surface area contributed by atoms with E-state index in [2.05, 4.69) is 27.7 Å². The molecule has 1 saturated heterocycles. The van der Waals surface area contributed by atoms with E-state index in [1.54, 1.807) is 0 Å². The number of hydrogen-bond acceptors (Lipinski definition) is 2. The summed E-state index contributed by atoms with van der Waals surface area (Å²) in [4.78, 5) is 0. The molecule has 90 valence electrons. The second-order valence-electron chi connectivity index (χ2n) is 5.32. The maximum Gasteiger partial charge on any atom is 0.0812 e. The van der Waals surface area contributed by atoms with Gasteiger partial charge in [-0.25, -0.2) is 0 Å². The molecule has 1 fully saturated rings. The summed E-state index contributed by atoms with van der Waals surface area (Å²) < 4.78 is 11.6. The number of hydrogen-bond donors (Lipinski definition) is 0. The van der Waals surface area contributed by atoms with Crippen LogP contribution in [0.4, 0.5) is 0 Å². The zero-order valence-corrected chi connectivity index (χ0v) is 10.7. The molecule has 2 heteroatoms. The Morgan fingerprint density at radius 1 is 1.13 bits per heavy atom. The summed E-state index contributed by atoms with van der Waals surface area (Å²) in [5.74, 6) is 0.736. The average Bonchev–Trinajstić information content (AvgIpc) is 2.14. The van der Waals surface area contributed by atoms with Gasteiger partial charge in [-0.05, 0) is 45.4 Å². The van der Waals surface area contributed by atoms with Crippen LogP contribution in [0.1, 0.15) is 53.4 Å². The van der Waals surface area contributed by atoms with Crippen molar-refractivity contribution in [1.29, 1.82) is 0 Å². The van der Waals surface area contributed by atoms with Gasteiger partial charge in [0.1, 0.15) is 0 Å². The van der Waals surface area contributed by atoms with Gasteiger partial charge in [-0.15, -0.1) is 0 Å². The fourth-order valence-corrected chi connectivity index (χ4v) is 2.10. The lowest BCUT2D eigenvalue weighted by Crippen LogP contribution is -2.32. The first-order chi connectivity index (χ1) is 7.08. The Morgan fingerprint density at radius 2 is 1.80 bits per heavy atom. The predicted molar refractivity (Wildman–Crippen MR) is 63.1 cm³/mol. The van der Waals surface area contributed by atoms with E-state index in [1.807, 2.05) is 0 Å². The van der Waals surface area contributed by atoms with E-state index in [9.17, 15) is 0 Å². The van der Waals surface area contributed by atoms with Crippen molar-refractivity contribution in [3.8, 4) is 0 Å². The van der Waals surface area contributed by atoms with Gasteiger partial charge in [0, 0.05) is 0 Å². The van der Waals surface area contributed by atoms with E-state index < -0.39 is 0 Å². The van der Waals surface area contributed by atoms with Gasteiger partial charge in [0.2, 0.25) is 0 Å². The van der Waals surface area contributed by atoms with Crippen molar-refractivity contribution < 1.29 is 9.47 Å². The zero-order valence-electron chi connectivity index (χ0n) is 10.7. The van der Waals surface area contributed by atoms with Crippen LogP contribution in [0.25, 0.3) is 0 Å². The van der Waals surface area contributed by atoms with Crippen molar-refractivity contribution in [2.24, 2.45) is 5.92 Å². The average molecular weight is 214 g/mol. The first-order valence-corrected chi connectivity index (χ1v) is 6.35. The third kappa shape index (κ3) is 5.53. The molecule has 2 unspecified atom stereocenters. The molecule has 1 aliphatic heterocycles. The maximum atomic E-state index is 6.02.